The van der Waals surface area contributed by atoms with Crippen molar-refractivity contribution in [3.63, 3.8) is 0 Å². The van der Waals surface area contributed by atoms with Crippen LogP contribution in [0.3, 0.4) is 0 Å². The van der Waals surface area contributed by atoms with Gasteiger partial charge < -0.3 is 14.8 Å². The second-order valence-electron chi connectivity index (χ2n) is 7.77. The van der Waals surface area contributed by atoms with Gasteiger partial charge in [0.15, 0.2) is 0 Å². The first-order chi connectivity index (χ1) is 15.2. The molecule has 0 saturated carbocycles. The Balaban J connectivity index is 1.49. The fourth-order valence-electron chi connectivity index (χ4n) is 3.38. The molecule has 1 unspecified atom stereocenters. The molecule has 0 saturated heterocycles. The number of imidazole rings is 1. The minimum Gasteiger partial charge on any atom is -0.488 e. The van der Waals surface area contributed by atoms with E-state index in [4.69, 9.17) is 9.47 Å². The van der Waals surface area contributed by atoms with Crippen LogP contribution in [0, 0.1) is 0 Å². The number of carbonyl (C=O) groups is 1. The Labute approximate surface area is 186 Å². The zero-order chi connectivity index (χ0) is 22.2. The lowest BCUT2D eigenvalue weighted by Crippen LogP contribution is -2.32. The van der Waals surface area contributed by atoms with Crippen LogP contribution in [-0.4, -0.2) is 36.8 Å². The van der Waals surface area contributed by atoms with Gasteiger partial charge in [-0.1, -0.05) is 36.8 Å². The summed E-state index contributed by atoms with van der Waals surface area (Å²) >= 11 is 0. The van der Waals surface area contributed by atoms with E-state index in [1.807, 2.05) is 31.2 Å². The van der Waals surface area contributed by atoms with Crippen LogP contribution in [0.4, 0.5) is 0 Å². The summed E-state index contributed by atoms with van der Waals surface area (Å²) in [4.78, 5) is 10.2. The van der Waals surface area contributed by atoms with Gasteiger partial charge in [0.25, 0.3) is 0 Å². The number of nitrogens with one attached hydrogen (secondary N) is 1. The number of benzene rings is 1. The molecule has 0 aliphatic heterocycles. The van der Waals surface area contributed by atoms with Gasteiger partial charge in [-0.15, -0.1) is 0 Å². The molecule has 1 aromatic heterocycles. The largest absolute Gasteiger partial charge is 0.488 e. The third kappa shape index (κ3) is 10.3. The van der Waals surface area contributed by atoms with Crippen LogP contribution in [-0.2, 0) is 22.6 Å². The molecule has 6 nitrogen and oxygen atoms in total. The average molecular weight is 429 g/mol. The van der Waals surface area contributed by atoms with Gasteiger partial charge in [-0.2, -0.15) is 0 Å². The molecule has 1 N–H and O–H groups in total. The second kappa shape index (κ2) is 15.2. The lowest BCUT2D eigenvalue weighted by atomic mass is 10.2. The van der Waals surface area contributed by atoms with E-state index in [9.17, 15) is 4.79 Å². The van der Waals surface area contributed by atoms with Crippen molar-refractivity contribution in [2.24, 2.45) is 0 Å². The first-order valence-electron chi connectivity index (χ1n) is 11.4. The maximum Gasteiger partial charge on any atom is 0.243 e. The Kier molecular flexibility index (Phi) is 12.1. The number of carbonyl (C=O) groups excluding carboxylic acids is 1. The summed E-state index contributed by atoms with van der Waals surface area (Å²) in [7, 11) is 0. The summed E-state index contributed by atoms with van der Waals surface area (Å²) in [6.45, 7) is 8.13. The van der Waals surface area contributed by atoms with Crippen molar-refractivity contribution in [1.29, 1.82) is 0 Å². The number of ether oxygens (including phenoxy) is 2. The van der Waals surface area contributed by atoms with Gasteiger partial charge in [0.05, 0.1) is 19.7 Å². The number of para-hydroxylation sites is 1. The van der Waals surface area contributed by atoms with E-state index in [1.165, 1.54) is 19.3 Å². The highest BCUT2D eigenvalue weighted by Crippen LogP contribution is 2.20. The van der Waals surface area contributed by atoms with E-state index >= 15 is 0 Å². The quantitative estimate of drug-likeness (QED) is 0.235. The van der Waals surface area contributed by atoms with Crippen LogP contribution < -0.4 is 14.6 Å². The highest BCUT2D eigenvalue weighted by atomic mass is 16.5. The van der Waals surface area contributed by atoms with Gasteiger partial charge in [-0.3, -0.25) is 4.79 Å². The monoisotopic (exact) mass is 428 g/mol. The number of hydrogen-bond acceptors (Lipinski definition) is 3. The topological polar surface area (TPSA) is 56.4 Å². The van der Waals surface area contributed by atoms with Crippen molar-refractivity contribution in [3.05, 3.63) is 54.6 Å². The first-order valence-corrected chi connectivity index (χ1v) is 11.4. The molecule has 0 aliphatic carbocycles. The van der Waals surface area contributed by atoms with E-state index in [0.717, 1.165) is 56.8 Å². The van der Waals surface area contributed by atoms with Gasteiger partial charge in [-0.25, -0.2) is 9.13 Å². The molecule has 0 radical (unpaired) electrons. The van der Waals surface area contributed by atoms with Crippen molar-refractivity contribution in [3.8, 4) is 5.75 Å². The predicted molar refractivity (Wildman–Crippen MR) is 124 cm³/mol. The predicted octanol–water partition coefficient (Wildman–Crippen LogP) is 3.99. The molecular weight excluding hydrogens is 390 g/mol. The zero-order valence-electron chi connectivity index (χ0n) is 19.0. The number of hydrogen-bond donors (Lipinski definition) is 1. The summed E-state index contributed by atoms with van der Waals surface area (Å²) in [5.74, 6) is 0.903. The number of aryl methyl sites for hydroxylation is 2. The molecule has 2 aromatic rings. The van der Waals surface area contributed by atoms with Crippen LogP contribution >= 0.6 is 0 Å². The molecular formula is C25H38N3O3+. The maximum absolute atomic E-state index is 10.2. The Morgan fingerprint density at radius 1 is 1.16 bits per heavy atom. The van der Waals surface area contributed by atoms with Crippen LogP contribution in [0.1, 0.15) is 51.5 Å². The Morgan fingerprint density at radius 2 is 2.00 bits per heavy atom. The minimum atomic E-state index is 0.0288. The number of allylic oxidation sites excluding steroid dienone is 1. The fraction of sp³-hybridized carbons (Fsp3) is 0.520. The summed E-state index contributed by atoms with van der Waals surface area (Å²) in [6.07, 6.45) is 16.8. The van der Waals surface area contributed by atoms with Crippen LogP contribution in [0.2, 0.25) is 0 Å². The van der Waals surface area contributed by atoms with Crippen molar-refractivity contribution < 1.29 is 18.8 Å². The van der Waals surface area contributed by atoms with Crippen LogP contribution in [0.15, 0.2) is 49.1 Å². The Hall–Kier alpha value is -2.60. The normalized spacial score (nSPS) is 12.2. The van der Waals surface area contributed by atoms with Crippen LogP contribution in [0.25, 0.3) is 6.08 Å². The number of aromatic nitrogens is 2. The SMILES string of the molecule is C/C=C/c1ccccc1OC(C)COCCCCCCn1cc[n+](CCCNC=O)c1. The van der Waals surface area contributed by atoms with E-state index < -0.39 is 0 Å². The first kappa shape index (κ1) is 24.7. The fourth-order valence-corrected chi connectivity index (χ4v) is 3.38. The van der Waals surface area contributed by atoms with Crippen LogP contribution in [0.5, 0.6) is 5.75 Å². The Bertz CT molecular complexity index is 773. The van der Waals surface area contributed by atoms with Gasteiger partial charge in [0.2, 0.25) is 12.7 Å². The highest BCUT2D eigenvalue weighted by molar-refractivity contribution is 5.56. The van der Waals surface area contributed by atoms with Crippen molar-refractivity contribution in [1.82, 2.24) is 9.88 Å². The van der Waals surface area contributed by atoms with E-state index in [0.29, 0.717) is 6.61 Å². The molecule has 170 valence electrons. The van der Waals surface area contributed by atoms with Crippen molar-refractivity contribution >= 4 is 12.5 Å². The number of nitrogens with zero attached hydrogens (tertiary/aromatic N) is 2. The van der Waals surface area contributed by atoms with Gasteiger partial charge in [0.1, 0.15) is 24.2 Å². The standard InChI is InChI=1S/C25H37N3O3/c1-3-11-24-12-6-7-13-25(24)31-23(2)20-30-19-9-5-4-8-15-27-17-18-28(22-27)16-10-14-26-21-29/h3,6-7,11-13,17-18,21-23H,4-5,8-10,14-16,19-20H2,1-2H3/p+1/b11-3+. The van der Waals surface area contributed by atoms with Crippen molar-refractivity contribution in [2.45, 2.75) is 65.1 Å². The number of unbranched alkanes of at least 4 members (excludes halogenated alkanes) is 3. The molecule has 0 spiro atoms. The molecule has 31 heavy (non-hydrogen) atoms. The Morgan fingerprint density at radius 3 is 2.84 bits per heavy atom. The summed E-state index contributed by atoms with van der Waals surface area (Å²) < 4.78 is 16.2. The molecule has 0 fully saturated rings. The van der Waals surface area contributed by atoms with E-state index in [1.54, 1.807) is 0 Å². The molecule has 6 heteroatoms. The van der Waals surface area contributed by atoms with Gasteiger partial charge >= 0.3 is 0 Å². The van der Waals surface area contributed by atoms with E-state index in [2.05, 4.69) is 52.2 Å². The van der Waals surface area contributed by atoms with Gasteiger partial charge in [0, 0.05) is 25.1 Å². The molecule has 1 heterocycles. The third-order valence-corrected chi connectivity index (χ3v) is 4.97. The van der Waals surface area contributed by atoms with Crippen molar-refractivity contribution in [2.75, 3.05) is 19.8 Å². The second-order valence-corrected chi connectivity index (χ2v) is 7.77. The third-order valence-electron chi connectivity index (χ3n) is 4.97. The lowest BCUT2D eigenvalue weighted by Gasteiger charge is -2.16. The smallest absolute Gasteiger partial charge is 0.243 e. The molecule has 1 aromatic carbocycles. The molecule has 0 bridgehead atoms. The molecule has 0 aliphatic rings. The average Bonchev–Trinajstić information content (AvgIpc) is 3.22. The minimum absolute atomic E-state index is 0.0288. The zero-order valence-corrected chi connectivity index (χ0v) is 19.0. The number of amides is 1. The molecule has 1 amide bonds. The maximum atomic E-state index is 10.2. The summed E-state index contributed by atoms with van der Waals surface area (Å²) in [5.41, 5.74) is 1.10. The van der Waals surface area contributed by atoms with Gasteiger partial charge in [-0.05, 0) is 39.2 Å². The number of rotatable bonds is 17. The van der Waals surface area contributed by atoms with E-state index in [-0.39, 0.29) is 6.10 Å². The molecule has 1 atom stereocenters. The summed E-state index contributed by atoms with van der Waals surface area (Å²) in [5, 5.41) is 2.69. The lowest BCUT2D eigenvalue weighted by molar-refractivity contribution is -0.696. The summed E-state index contributed by atoms with van der Waals surface area (Å²) in [6, 6.07) is 8.08. The molecule has 2 rings (SSSR count). The highest BCUT2D eigenvalue weighted by Gasteiger charge is 2.07.